The molecule has 2 rings (SSSR count). The van der Waals surface area contributed by atoms with Crippen LogP contribution in [0.1, 0.15) is 29.8 Å². The summed E-state index contributed by atoms with van der Waals surface area (Å²) in [5.41, 5.74) is -0.889. The Balaban J connectivity index is 2.47. The summed E-state index contributed by atoms with van der Waals surface area (Å²) in [6.45, 7) is 3.27. The number of hydrogen-bond donors (Lipinski definition) is 2. The molecule has 0 aliphatic heterocycles. The third-order valence-electron chi connectivity index (χ3n) is 3.94. The maximum Gasteiger partial charge on any atom is 0.416 e. The Morgan fingerprint density at radius 3 is 2.27 bits per heavy atom. The van der Waals surface area contributed by atoms with E-state index >= 15 is 0 Å². The van der Waals surface area contributed by atoms with Crippen LogP contribution in [-0.4, -0.2) is 34.5 Å². The number of nitrogens with zero attached hydrogens (tertiary/aromatic N) is 1. The van der Waals surface area contributed by atoms with Gasteiger partial charge in [-0.1, -0.05) is 11.6 Å². The maximum absolute atomic E-state index is 13.1. The smallest absolute Gasteiger partial charge is 0.376 e. The van der Waals surface area contributed by atoms with Crippen molar-refractivity contribution in [3.05, 3.63) is 52.5 Å². The lowest BCUT2D eigenvalue weighted by Crippen LogP contribution is -2.30. The lowest BCUT2D eigenvalue weighted by atomic mass is 10.1. The van der Waals surface area contributed by atoms with Crippen LogP contribution in [0.15, 0.2) is 41.3 Å². The number of hydrogen-bond acceptors (Lipinski definition) is 4. The molecule has 0 aromatic heterocycles. The molecule has 6 nitrogen and oxygen atoms in total. The second-order valence-corrected chi connectivity index (χ2v) is 9.12. The number of benzene rings is 2. The van der Waals surface area contributed by atoms with Crippen molar-refractivity contribution in [3.63, 3.8) is 0 Å². The Morgan fingerprint density at radius 1 is 1.10 bits per heavy atom. The highest BCUT2D eigenvalue weighted by atomic mass is 35.5. The molecule has 1 amide bonds. The van der Waals surface area contributed by atoms with Crippen molar-refractivity contribution >= 4 is 38.9 Å². The third-order valence-corrected chi connectivity index (χ3v) is 5.92. The topological polar surface area (TPSA) is 78.5 Å². The summed E-state index contributed by atoms with van der Waals surface area (Å²) in [5.74, 6) is -0.843. The fourth-order valence-corrected chi connectivity index (χ4v) is 4.10. The standard InChI is InChI=1S/C19H21ClF3N3O3S/c1-11(2)25-30(28,29)13-6-7-15(20)14(10-13)18(27)24-16-9-12(19(21,22)23)5-8-17(16)26(3)4/h5-11,25H,1-4H3,(H,24,27). The molecular formula is C19H21ClF3N3O3S. The van der Waals surface area contributed by atoms with Gasteiger partial charge in [-0.2, -0.15) is 13.2 Å². The molecule has 164 valence electrons. The van der Waals surface area contributed by atoms with Crippen LogP contribution in [0.5, 0.6) is 0 Å². The summed E-state index contributed by atoms with van der Waals surface area (Å²) in [6.07, 6.45) is -4.60. The molecule has 11 heteroatoms. The molecule has 0 aliphatic rings. The SMILES string of the molecule is CC(C)NS(=O)(=O)c1ccc(Cl)c(C(=O)Nc2cc(C(F)(F)F)ccc2N(C)C)c1. The molecule has 2 aromatic carbocycles. The van der Waals surface area contributed by atoms with E-state index in [-0.39, 0.29) is 27.2 Å². The predicted molar refractivity (Wildman–Crippen MR) is 111 cm³/mol. The second-order valence-electron chi connectivity index (χ2n) is 7.00. The zero-order valence-electron chi connectivity index (χ0n) is 16.6. The van der Waals surface area contributed by atoms with Gasteiger partial charge in [0, 0.05) is 20.1 Å². The van der Waals surface area contributed by atoms with E-state index < -0.39 is 27.7 Å². The maximum atomic E-state index is 13.1. The Morgan fingerprint density at radius 2 is 1.73 bits per heavy atom. The fourth-order valence-electron chi connectivity index (χ4n) is 2.62. The summed E-state index contributed by atoms with van der Waals surface area (Å²) in [4.78, 5) is 14.1. The highest BCUT2D eigenvalue weighted by molar-refractivity contribution is 7.89. The highest BCUT2D eigenvalue weighted by Gasteiger charge is 2.31. The van der Waals surface area contributed by atoms with Crippen LogP contribution in [0.3, 0.4) is 0 Å². The number of rotatable bonds is 6. The summed E-state index contributed by atoms with van der Waals surface area (Å²) < 4.78 is 66.4. The summed E-state index contributed by atoms with van der Waals surface area (Å²) >= 11 is 6.05. The van der Waals surface area contributed by atoms with Gasteiger partial charge in [0.1, 0.15) is 0 Å². The molecule has 0 saturated carbocycles. The molecule has 0 atom stereocenters. The van der Waals surface area contributed by atoms with E-state index in [1.165, 1.54) is 23.1 Å². The fraction of sp³-hybridized carbons (Fsp3) is 0.316. The van der Waals surface area contributed by atoms with Gasteiger partial charge < -0.3 is 10.2 Å². The zero-order chi connectivity index (χ0) is 22.9. The van der Waals surface area contributed by atoms with Crippen molar-refractivity contribution in [2.75, 3.05) is 24.3 Å². The average Bonchev–Trinajstić information content (AvgIpc) is 2.59. The number of halogens is 4. The first-order valence-corrected chi connectivity index (χ1v) is 10.6. The molecule has 0 heterocycles. The van der Waals surface area contributed by atoms with Crippen LogP contribution in [-0.2, 0) is 16.2 Å². The molecule has 2 aromatic rings. The van der Waals surface area contributed by atoms with Gasteiger partial charge in [0.2, 0.25) is 10.0 Å². The highest BCUT2D eigenvalue weighted by Crippen LogP contribution is 2.35. The van der Waals surface area contributed by atoms with Crippen molar-refractivity contribution in [2.45, 2.75) is 31.0 Å². The van der Waals surface area contributed by atoms with Gasteiger partial charge in [0.05, 0.1) is 32.4 Å². The van der Waals surface area contributed by atoms with Crippen LogP contribution in [0.4, 0.5) is 24.5 Å². The summed E-state index contributed by atoms with van der Waals surface area (Å²) in [5, 5.41) is 2.35. The number of carbonyl (C=O) groups is 1. The van der Waals surface area contributed by atoms with E-state index in [1.807, 2.05) is 0 Å². The van der Waals surface area contributed by atoms with E-state index in [1.54, 1.807) is 27.9 Å². The number of nitrogens with one attached hydrogen (secondary N) is 2. The van der Waals surface area contributed by atoms with E-state index in [0.717, 1.165) is 18.2 Å². The minimum atomic E-state index is -4.60. The quantitative estimate of drug-likeness (QED) is 0.667. The molecule has 0 bridgehead atoms. The first kappa shape index (κ1) is 24.0. The lowest BCUT2D eigenvalue weighted by molar-refractivity contribution is -0.137. The molecule has 2 N–H and O–H groups in total. The number of alkyl halides is 3. The number of anilines is 2. The first-order chi connectivity index (χ1) is 13.7. The van der Waals surface area contributed by atoms with Crippen LogP contribution in [0.2, 0.25) is 5.02 Å². The molecule has 0 fully saturated rings. The van der Waals surface area contributed by atoms with Crippen LogP contribution in [0, 0.1) is 0 Å². The van der Waals surface area contributed by atoms with E-state index in [4.69, 9.17) is 11.6 Å². The van der Waals surface area contributed by atoms with Gasteiger partial charge in [-0.25, -0.2) is 13.1 Å². The van der Waals surface area contributed by atoms with Gasteiger partial charge in [-0.3, -0.25) is 4.79 Å². The third kappa shape index (κ3) is 5.65. The minimum Gasteiger partial charge on any atom is -0.376 e. The van der Waals surface area contributed by atoms with Crippen LogP contribution in [0.25, 0.3) is 0 Å². The van der Waals surface area contributed by atoms with Crippen molar-refractivity contribution in [2.24, 2.45) is 0 Å². The van der Waals surface area contributed by atoms with E-state index in [9.17, 15) is 26.4 Å². The van der Waals surface area contributed by atoms with Crippen LogP contribution >= 0.6 is 11.6 Å². The second kappa shape index (κ2) is 8.83. The van der Waals surface area contributed by atoms with Crippen LogP contribution < -0.4 is 14.9 Å². The minimum absolute atomic E-state index is 0.0469. The van der Waals surface area contributed by atoms with Gasteiger partial charge in [-0.15, -0.1) is 0 Å². The van der Waals surface area contributed by atoms with E-state index in [2.05, 4.69) is 10.0 Å². The monoisotopic (exact) mass is 463 g/mol. The molecular weight excluding hydrogens is 443 g/mol. The summed E-state index contributed by atoms with van der Waals surface area (Å²) in [6, 6.07) is 6.11. The summed E-state index contributed by atoms with van der Waals surface area (Å²) in [7, 11) is -0.684. The van der Waals surface area contributed by atoms with Gasteiger partial charge in [-0.05, 0) is 50.2 Å². The van der Waals surface area contributed by atoms with Gasteiger partial charge in [0.15, 0.2) is 0 Å². The first-order valence-electron chi connectivity index (χ1n) is 8.74. The number of sulfonamides is 1. The zero-order valence-corrected chi connectivity index (χ0v) is 18.2. The Kier molecular flexibility index (Phi) is 7.05. The van der Waals surface area contributed by atoms with Crippen molar-refractivity contribution < 1.29 is 26.4 Å². The lowest BCUT2D eigenvalue weighted by Gasteiger charge is -2.20. The van der Waals surface area contributed by atoms with Gasteiger partial charge >= 0.3 is 6.18 Å². The molecule has 0 unspecified atom stereocenters. The predicted octanol–water partition coefficient (Wildman–Crippen LogP) is 4.36. The Bertz CT molecular complexity index is 1050. The number of carbonyl (C=O) groups excluding carboxylic acids is 1. The van der Waals surface area contributed by atoms with Crippen molar-refractivity contribution in [1.29, 1.82) is 0 Å². The largest absolute Gasteiger partial charge is 0.416 e. The molecule has 30 heavy (non-hydrogen) atoms. The molecule has 0 saturated heterocycles. The van der Waals surface area contributed by atoms with Gasteiger partial charge in [0.25, 0.3) is 5.91 Å². The molecule has 0 aliphatic carbocycles. The normalized spacial score (nSPS) is 12.2. The average molecular weight is 464 g/mol. The Labute approximate surface area is 178 Å². The number of amides is 1. The van der Waals surface area contributed by atoms with Crippen molar-refractivity contribution in [3.8, 4) is 0 Å². The van der Waals surface area contributed by atoms with E-state index in [0.29, 0.717) is 5.69 Å². The Hall–Kier alpha value is -2.30. The van der Waals surface area contributed by atoms with Crippen molar-refractivity contribution in [1.82, 2.24) is 4.72 Å². The molecule has 0 spiro atoms. The molecule has 0 radical (unpaired) electrons.